The molecule has 1 N–H and O–H groups in total. The number of pyridine rings is 1. The number of amides is 1. The van der Waals surface area contributed by atoms with Crippen molar-refractivity contribution < 1.29 is 9.90 Å². The largest absolute Gasteiger partial charge is 0.392 e. The number of carbonyl (C=O) groups excluding carboxylic acids is 1. The smallest absolute Gasteiger partial charge is 0.219 e. The summed E-state index contributed by atoms with van der Waals surface area (Å²) in [5.41, 5.74) is 0.837. The Hall–Kier alpha value is -1.62. The molecule has 1 aliphatic rings. The predicted octanol–water partition coefficient (Wildman–Crippen LogP) is 0.242. The Morgan fingerprint density at radius 3 is 2.71 bits per heavy atom. The van der Waals surface area contributed by atoms with Gasteiger partial charge in [0.1, 0.15) is 5.82 Å². The van der Waals surface area contributed by atoms with Gasteiger partial charge in [0.05, 0.1) is 6.61 Å². The van der Waals surface area contributed by atoms with Crippen molar-refractivity contribution in [2.24, 2.45) is 0 Å². The van der Waals surface area contributed by atoms with Crippen molar-refractivity contribution in [1.29, 1.82) is 0 Å². The molecular formula is C12H17N3O2. The third-order valence-corrected chi connectivity index (χ3v) is 3.06. The van der Waals surface area contributed by atoms with Crippen molar-refractivity contribution in [2.75, 3.05) is 31.1 Å². The van der Waals surface area contributed by atoms with Gasteiger partial charge in [-0.05, 0) is 6.07 Å². The minimum Gasteiger partial charge on any atom is -0.392 e. The molecule has 0 aromatic carbocycles. The molecule has 2 heterocycles. The topological polar surface area (TPSA) is 56.7 Å². The normalized spacial score (nSPS) is 16.1. The summed E-state index contributed by atoms with van der Waals surface area (Å²) in [5, 5.41) is 9.26. The Bertz CT molecular complexity index is 400. The van der Waals surface area contributed by atoms with Gasteiger partial charge in [-0.2, -0.15) is 0 Å². The lowest BCUT2D eigenvalue weighted by Gasteiger charge is -2.35. The second kappa shape index (κ2) is 5.14. The van der Waals surface area contributed by atoms with Crippen LogP contribution in [-0.2, 0) is 11.4 Å². The molecule has 0 unspecified atom stereocenters. The molecule has 17 heavy (non-hydrogen) atoms. The second-order valence-corrected chi connectivity index (χ2v) is 4.14. The highest BCUT2D eigenvalue weighted by Gasteiger charge is 2.20. The van der Waals surface area contributed by atoms with Crippen molar-refractivity contribution in [2.45, 2.75) is 13.5 Å². The van der Waals surface area contributed by atoms with E-state index >= 15 is 0 Å². The van der Waals surface area contributed by atoms with Crippen LogP contribution in [0.4, 0.5) is 5.82 Å². The van der Waals surface area contributed by atoms with Crippen LogP contribution in [0.25, 0.3) is 0 Å². The number of hydrogen-bond acceptors (Lipinski definition) is 4. The minimum atomic E-state index is -0.00387. The maximum Gasteiger partial charge on any atom is 0.219 e. The minimum absolute atomic E-state index is 0.00387. The highest BCUT2D eigenvalue weighted by Crippen LogP contribution is 2.18. The van der Waals surface area contributed by atoms with Crippen LogP contribution >= 0.6 is 0 Å². The van der Waals surface area contributed by atoms with Gasteiger partial charge in [-0.3, -0.25) is 4.79 Å². The summed E-state index contributed by atoms with van der Waals surface area (Å²) >= 11 is 0. The zero-order valence-corrected chi connectivity index (χ0v) is 9.96. The number of piperazine rings is 1. The van der Waals surface area contributed by atoms with Crippen molar-refractivity contribution in [3.8, 4) is 0 Å². The molecule has 0 radical (unpaired) electrons. The molecule has 2 rings (SSSR count). The molecule has 0 bridgehead atoms. The van der Waals surface area contributed by atoms with Gasteiger partial charge in [0.25, 0.3) is 0 Å². The van der Waals surface area contributed by atoms with Crippen LogP contribution in [0.2, 0.25) is 0 Å². The molecule has 0 atom stereocenters. The lowest BCUT2D eigenvalue weighted by Crippen LogP contribution is -2.48. The standard InChI is InChI=1S/C12H17N3O2/c1-10(17)14-5-7-15(8-6-14)12-11(9-16)3-2-4-13-12/h2-4,16H,5-9H2,1H3. The molecule has 1 aromatic heterocycles. The van der Waals surface area contributed by atoms with E-state index in [9.17, 15) is 9.90 Å². The average Bonchev–Trinajstić information content (AvgIpc) is 2.39. The van der Waals surface area contributed by atoms with Crippen LogP contribution in [-0.4, -0.2) is 47.1 Å². The zero-order valence-electron chi connectivity index (χ0n) is 9.96. The molecule has 0 spiro atoms. The molecule has 1 aliphatic heterocycles. The quantitative estimate of drug-likeness (QED) is 0.798. The van der Waals surface area contributed by atoms with Gasteiger partial charge in [0.15, 0.2) is 0 Å². The maximum atomic E-state index is 11.2. The number of aliphatic hydroxyl groups excluding tert-OH is 1. The van der Waals surface area contributed by atoms with Crippen LogP contribution in [0, 0.1) is 0 Å². The number of aliphatic hydroxyl groups is 1. The van der Waals surface area contributed by atoms with Crippen LogP contribution in [0.3, 0.4) is 0 Å². The molecule has 5 heteroatoms. The Morgan fingerprint density at radius 1 is 1.41 bits per heavy atom. The number of anilines is 1. The summed E-state index contributed by atoms with van der Waals surface area (Å²) in [5.74, 6) is 0.950. The highest BCUT2D eigenvalue weighted by molar-refractivity contribution is 5.73. The summed E-state index contributed by atoms with van der Waals surface area (Å²) in [4.78, 5) is 19.5. The summed E-state index contributed by atoms with van der Waals surface area (Å²) in [6, 6.07) is 3.69. The Morgan fingerprint density at radius 2 is 2.12 bits per heavy atom. The number of rotatable bonds is 2. The first-order valence-electron chi connectivity index (χ1n) is 5.77. The highest BCUT2D eigenvalue weighted by atomic mass is 16.3. The maximum absolute atomic E-state index is 11.2. The van der Waals surface area contributed by atoms with E-state index in [0.717, 1.165) is 37.6 Å². The fourth-order valence-corrected chi connectivity index (χ4v) is 2.07. The fourth-order valence-electron chi connectivity index (χ4n) is 2.07. The van der Waals surface area contributed by atoms with Crippen molar-refractivity contribution in [3.63, 3.8) is 0 Å². The van der Waals surface area contributed by atoms with Gasteiger partial charge in [0, 0.05) is 44.9 Å². The van der Waals surface area contributed by atoms with Crippen LogP contribution in [0.5, 0.6) is 0 Å². The molecule has 1 amide bonds. The first-order valence-corrected chi connectivity index (χ1v) is 5.77. The van der Waals surface area contributed by atoms with Crippen LogP contribution < -0.4 is 4.90 Å². The van der Waals surface area contributed by atoms with Gasteiger partial charge in [-0.1, -0.05) is 6.07 Å². The number of carbonyl (C=O) groups is 1. The molecule has 92 valence electrons. The molecule has 1 fully saturated rings. The lowest BCUT2D eigenvalue weighted by atomic mass is 10.2. The van der Waals surface area contributed by atoms with Crippen molar-refractivity contribution in [1.82, 2.24) is 9.88 Å². The summed E-state index contributed by atoms with van der Waals surface area (Å²) in [6.07, 6.45) is 1.73. The van der Waals surface area contributed by atoms with Gasteiger partial charge >= 0.3 is 0 Å². The first kappa shape index (κ1) is 11.9. The van der Waals surface area contributed by atoms with E-state index in [1.807, 2.05) is 17.0 Å². The van der Waals surface area contributed by atoms with E-state index in [4.69, 9.17) is 0 Å². The Labute approximate surface area is 101 Å². The van der Waals surface area contributed by atoms with E-state index in [-0.39, 0.29) is 12.5 Å². The third-order valence-electron chi connectivity index (χ3n) is 3.06. The molecule has 0 aliphatic carbocycles. The first-order chi connectivity index (χ1) is 8.22. The molecule has 0 saturated carbocycles. The Balaban J connectivity index is 2.07. The average molecular weight is 235 g/mol. The lowest BCUT2D eigenvalue weighted by molar-refractivity contribution is -0.129. The fraction of sp³-hybridized carbons (Fsp3) is 0.500. The van der Waals surface area contributed by atoms with Crippen molar-refractivity contribution in [3.05, 3.63) is 23.9 Å². The number of aromatic nitrogens is 1. The SMILES string of the molecule is CC(=O)N1CCN(c2ncccc2CO)CC1. The van der Waals surface area contributed by atoms with E-state index in [1.54, 1.807) is 13.1 Å². The molecule has 1 saturated heterocycles. The number of nitrogens with zero attached hydrogens (tertiary/aromatic N) is 3. The second-order valence-electron chi connectivity index (χ2n) is 4.14. The van der Waals surface area contributed by atoms with Gasteiger partial charge in [-0.15, -0.1) is 0 Å². The molecule has 1 aromatic rings. The third kappa shape index (κ3) is 2.55. The molecular weight excluding hydrogens is 218 g/mol. The monoisotopic (exact) mass is 235 g/mol. The van der Waals surface area contributed by atoms with Gasteiger partial charge in [0.2, 0.25) is 5.91 Å². The van der Waals surface area contributed by atoms with E-state index in [0.29, 0.717) is 0 Å². The van der Waals surface area contributed by atoms with Gasteiger partial charge in [-0.25, -0.2) is 4.98 Å². The van der Waals surface area contributed by atoms with Crippen LogP contribution in [0.1, 0.15) is 12.5 Å². The zero-order chi connectivity index (χ0) is 12.3. The number of hydrogen-bond donors (Lipinski definition) is 1. The molecule has 5 nitrogen and oxygen atoms in total. The predicted molar refractivity (Wildman–Crippen MR) is 64.6 cm³/mol. The van der Waals surface area contributed by atoms with E-state index in [1.165, 1.54) is 0 Å². The van der Waals surface area contributed by atoms with E-state index in [2.05, 4.69) is 9.88 Å². The van der Waals surface area contributed by atoms with Crippen LogP contribution in [0.15, 0.2) is 18.3 Å². The van der Waals surface area contributed by atoms with E-state index < -0.39 is 0 Å². The summed E-state index contributed by atoms with van der Waals surface area (Å²) in [7, 11) is 0. The van der Waals surface area contributed by atoms with Gasteiger partial charge < -0.3 is 14.9 Å². The van der Waals surface area contributed by atoms with Crippen molar-refractivity contribution >= 4 is 11.7 Å². The Kier molecular flexibility index (Phi) is 3.58. The summed E-state index contributed by atoms with van der Waals surface area (Å²) < 4.78 is 0. The summed E-state index contributed by atoms with van der Waals surface area (Å²) in [6.45, 7) is 4.56.